The number of rotatable bonds is 7. The molecule has 0 saturated carbocycles. The van der Waals surface area contributed by atoms with Crippen molar-refractivity contribution in [1.82, 2.24) is 9.47 Å². The van der Waals surface area contributed by atoms with E-state index in [0.29, 0.717) is 5.56 Å². The van der Waals surface area contributed by atoms with Crippen LogP contribution in [0, 0.1) is 0 Å². The van der Waals surface area contributed by atoms with E-state index >= 15 is 0 Å². The number of likely N-dealkylation sites (tertiary alicyclic amines) is 1. The molecule has 0 bridgehead atoms. The third kappa shape index (κ3) is 4.33. The molecule has 5 rings (SSSR count). The van der Waals surface area contributed by atoms with Crippen LogP contribution in [0.15, 0.2) is 60.7 Å². The zero-order valence-electron chi connectivity index (χ0n) is 19.9. The number of nitrogens with two attached hydrogens (primary N) is 1. The number of fused-ring (bicyclic) bond motifs is 3. The predicted molar refractivity (Wildman–Crippen MR) is 139 cm³/mol. The van der Waals surface area contributed by atoms with Crippen LogP contribution in [0.25, 0.3) is 21.8 Å². The number of anilines is 1. The Hall–Kier alpha value is -3.55. The Morgan fingerprint density at radius 2 is 1.80 bits per heavy atom. The third-order valence-electron chi connectivity index (χ3n) is 7.21. The summed E-state index contributed by atoms with van der Waals surface area (Å²) in [7, 11) is 0. The van der Waals surface area contributed by atoms with Crippen LogP contribution in [0.4, 0.5) is 5.69 Å². The molecule has 7 heteroatoms. The van der Waals surface area contributed by atoms with Gasteiger partial charge in [0.15, 0.2) is 0 Å². The maximum absolute atomic E-state index is 12.7. The van der Waals surface area contributed by atoms with Gasteiger partial charge in [0.1, 0.15) is 11.8 Å². The zero-order chi connectivity index (χ0) is 24.5. The van der Waals surface area contributed by atoms with Gasteiger partial charge in [-0.3, -0.25) is 9.69 Å². The highest BCUT2D eigenvalue weighted by atomic mass is 16.3. The quantitative estimate of drug-likeness (QED) is 0.303. The molecule has 1 atom stereocenters. The summed E-state index contributed by atoms with van der Waals surface area (Å²) in [6, 6.07) is 19.4. The van der Waals surface area contributed by atoms with E-state index < -0.39 is 6.04 Å². The van der Waals surface area contributed by atoms with Crippen molar-refractivity contribution in [2.24, 2.45) is 5.73 Å². The first-order chi connectivity index (χ1) is 17.0. The molecule has 7 nitrogen and oxygen atoms in total. The molecule has 3 aromatic carbocycles. The summed E-state index contributed by atoms with van der Waals surface area (Å²) in [4.78, 5) is 14.8. The van der Waals surface area contributed by atoms with E-state index in [1.807, 2.05) is 12.1 Å². The summed E-state index contributed by atoms with van der Waals surface area (Å²) in [6.07, 6.45) is 1.68. The van der Waals surface area contributed by atoms with Crippen molar-refractivity contribution < 1.29 is 15.0 Å². The van der Waals surface area contributed by atoms with Gasteiger partial charge < -0.3 is 25.8 Å². The zero-order valence-corrected chi connectivity index (χ0v) is 19.9. The number of carbonyl (C=O) groups excluding carboxylic acids is 1. The number of phenols is 1. The lowest BCUT2D eigenvalue weighted by Crippen LogP contribution is -2.45. The molecule has 1 amide bonds. The van der Waals surface area contributed by atoms with Gasteiger partial charge in [0.25, 0.3) is 0 Å². The number of phenolic OH excluding ortho intramolecular Hbond substituents is 1. The smallest absolute Gasteiger partial charge is 0.239 e. The SMILES string of the molecule is CCn1c2ccccc2c2cc(C(C(N)=O)N3CCC(Nc4ccc(O)cc4CO)CC3)ccc21. The Kier molecular flexibility index (Phi) is 6.36. The van der Waals surface area contributed by atoms with Crippen molar-refractivity contribution in [2.45, 2.75) is 45.0 Å². The fraction of sp³-hybridized carbons (Fsp3) is 0.321. The summed E-state index contributed by atoms with van der Waals surface area (Å²) in [5.41, 5.74) is 10.7. The summed E-state index contributed by atoms with van der Waals surface area (Å²) in [6.45, 7) is 4.34. The van der Waals surface area contributed by atoms with Gasteiger partial charge in [-0.15, -0.1) is 0 Å². The number of hydrogen-bond acceptors (Lipinski definition) is 5. The van der Waals surface area contributed by atoms with E-state index in [1.54, 1.807) is 18.2 Å². The molecule has 1 fully saturated rings. The topological polar surface area (TPSA) is 104 Å². The standard InChI is InChI=1S/C28H32N4O3/c1-2-32-25-6-4-3-5-22(25)23-16-18(7-10-26(23)32)27(28(29)35)31-13-11-20(12-14-31)30-24-9-8-21(34)15-19(24)17-33/h3-10,15-16,20,27,30,33-34H,2,11-14,17H2,1H3,(H2,29,35). The maximum Gasteiger partial charge on any atom is 0.239 e. The number of piperidine rings is 1. The predicted octanol–water partition coefficient (Wildman–Crippen LogP) is 4.12. The van der Waals surface area contributed by atoms with Crippen molar-refractivity contribution in [3.63, 3.8) is 0 Å². The molecular formula is C28H32N4O3. The second-order valence-electron chi connectivity index (χ2n) is 9.30. The molecule has 5 N–H and O–H groups in total. The number of aliphatic hydroxyl groups excluding tert-OH is 1. The summed E-state index contributed by atoms with van der Waals surface area (Å²) in [5, 5.41) is 25.1. The van der Waals surface area contributed by atoms with Gasteiger partial charge in [0, 0.05) is 58.7 Å². The third-order valence-corrected chi connectivity index (χ3v) is 7.21. The molecule has 0 spiro atoms. The number of nitrogens with one attached hydrogen (secondary N) is 1. The molecule has 1 aliphatic heterocycles. The number of primary amides is 1. The first-order valence-corrected chi connectivity index (χ1v) is 12.2. The molecule has 1 aliphatic rings. The lowest BCUT2D eigenvalue weighted by Gasteiger charge is -2.37. The normalized spacial score (nSPS) is 16.1. The minimum absolute atomic E-state index is 0.137. The Balaban J connectivity index is 1.37. The van der Waals surface area contributed by atoms with Gasteiger partial charge in [-0.25, -0.2) is 0 Å². The van der Waals surface area contributed by atoms with E-state index in [-0.39, 0.29) is 24.3 Å². The highest BCUT2D eigenvalue weighted by molar-refractivity contribution is 6.08. The molecule has 2 heterocycles. The van der Waals surface area contributed by atoms with E-state index in [4.69, 9.17) is 5.73 Å². The van der Waals surface area contributed by atoms with Gasteiger partial charge in [0.05, 0.1) is 6.61 Å². The van der Waals surface area contributed by atoms with Gasteiger partial charge in [-0.1, -0.05) is 24.3 Å². The fourth-order valence-corrected chi connectivity index (χ4v) is 5.51. The number of aryl methyl sites for hydroxylation is 1. The number of aromatic nitrogens is 1. The minimum atomic E-state index is -0.481. The van der Waals surface area contributed by atoms with Crippen LogP contribution in [0.2, 0.25) is 0 Å². The number of benzene rings is 3. The fourth-order valence-electron chi connectivity index (χ4n) is 5.51. The molecule has 4 aromatic rings. The first-order valence-electron chi connectivity index (χ1n) is 12.2. The van der Waals surface area contributed by atoms with Crippen molar-refractivity contribution in [3.8, 4) is 5.75 Å². The van der Waals surface area contributed by atoms with Crippen LogP contribution in [-0.4, -0.2) is 44.7 Å². The van der Waals surface area contributed by atoms with Crippen LogP contribution >= 0.6 is 0 Å². The highest BCUT2D eigenvalue weighted by Gasteiger charge is 2.30. The second-order valence-corrected chi connectivity index (χ2v) is 9.30. The minimum Gasteiger partial charge on any atom is -0.508 e. The summed E-state index contributed by atoms with van der Waals surface area (Å²) in [5.74, 6) is -0.200. The van der Waals surface area contributed by atoms with Gasteiger partial charge in [-0.2, -0.15) is 0 Å². The number of aromatic hydroxyl groups is 1. The van der Waals surface area contributed by atoms with Crippen LogP contribution in [0.5, 0.6) is 5.75 Å². The average molecular weight is 473 g/mol. The van der Waals surface area contributed by atoms with E-state index in [1.165, 1.54) is 10.9 Å². The van der Waals surface area contributed by atoms with Crippen molar-refractivity contribution in [2.75, 3.05) is 18.4 Å². The van der Waals surface area contributed by atoms with Gasteiger partial charge >= 0.3 is 0 Å². The molecule has 0 aliphatic carbocycles. The molecule has 35 heavy (non-hydrogen) atoms. The van der Waals surface area contributed by atoms with Crippen LogP contribution < -0.4 is 11.1 Å². The first kappa shape index (κ1) is 23.2. The number of nitrogens with zero attached hydrogens (tertiary/aromatic N) is 2. The lowest BCUT2D eigenvalue weighted by atomic mass is 9.97. The highest BCUT2D eigenvalue weighted by Crippen LogP contribution is 2.33. The number of amides is 1. The van der Waals surface area contributed by atoms with E-state index in [0.717, 1.165) is 54.6 Å². The van der Waals surface area contributed by atoms with Crippen LogP contribution in [0.1, 0.15) is 36.9 Å². The second kappa shape index (κ2) is 9.60. The van der Waals surface area contributed by atoms with Crippen LogP contribution in [-0.2, 0) is 17.9 Å². The van der Waals surface area contributed by atoms with Crippen LogP contribution in [0.3, 0.4) is 0 Å². The number of para-hydroxylation sites is 1. The molecule has 1 saturated heterocycles. The Bertz CT molecular complexity index is 1370. The summed E-state index contributed by atoms with van der Waals surface area (Å²) >= 11 is 0. The Labute approximate surface area is 204 Å². The Morgan fingerprint density at radius 1 is 1.06 bits per heavy atom. The van der Waals surface area contributed by atoms with Gasteiger partial charge in [0.2, 0.25) is 5.91 Å². The molecular weight excluding hydrogens is 440 g/mol. The number of hydrogen-bond donors (Lipinski definition) is 4. The van der Waals surface area contributed by atoms with E-state index in [2.05, 4.69) is 52.0 Å². The van der Waals surface area contributed by atoms with E-state index in [9.17, 15) is 15.0 Å². The molecule has 1 unspecified atom stereocenters. The molecule has 182 valence electrons. The number of carbonyl (C=O) groups is 1. The van der Waals surface area contributed by atoms with Crippen molar-refractivity contribution in [3.05, 3.63) is 71.8 Å². The van der Waals surface area contributed by atoms with Crippen molar-refractivity contribution >= 4 is 33.4 Å². The molecule has 1 aromatic heterocycles. The molecule has 0 radical (unpaired) electrons. The summed E-state index contributed by atoms with van der Waals surface area (Å²) < 4.78 is 2.30. The monoisotopic (exact) mass is 472 g/mol. The average Bonchev–Trinajstić information content (AvgIpc) is 3.19. The number of aliphatic hydroxyl groups is 1. The largest absolute Gasteiger partial charge is 0.508 e. The van der Waals surface area contributed by atoms with Crippen molar-refractivity contribution in [1.29, 1.82) is 0 Å². The van der Waals surface area contributed by atoms with Gasteiger partial charge in [-0.05, 0) is 61.7 Å². The Morgan fingerprint density at radius 3 is 2.51 bits per heavy atom. The maximum atomic E-state index is 12.7. The lowest BCUT2D eigenvalue weighted by molar-refractivity contribution is -0.123.